The number of nitrogens with zero attached hydrogens (tertiary/aromatic N) is 4. The lowest BCUT2D eigenvalue weighted by Gasteiger charge is -2.32. The van der Waals surface area contributed by atoms with Crippen LogP contribution in [0.25, 0.3) is 44.6 Å². The normalized spacial score (nSPS) is 20.8. The van der Waals surface area contributed by atoms with Crippen LogP contribution in [0.4, 0.5) is 29.6 Å². The zero-order valence-electron chi connectivity index (χ0n) is 47.5. The largest absolute Gasteiger partial charge is 0.490 e. The highest BCUT2D eigenvalue weighted by molar-refractivity contribution is 6.02. The van der Waals surface area contributed by atoms with Gasteiger partial charge in [0, 0.05) is 46.7 Å². The van der Waals surface area contributed by atoms with Crippen LogP contribution in [0.1, 0.15) is 142 Å². The highest BCUT2D eigenvalue weighted by Crippen LogP contribution is 2.36. The van der Waals surface area contributed by atoms with Crippen LogP contribution in [0.3, 0.4) is 0 Å². The molecule has 27 heteroatoms. The molecule has 8 atom stereocenters. The summed E-state index contributed by atoms with van der Waals surface area (Å²) in [6.07, 6.45) is 0.879. The van der Waals surface area contributed by atoms with Crippen molar-refractivity contribution in [2.45, 2.75) is 160 Å². The third-order valence-corrected chi connectivity index (χ3v) is 14.8. The van der Waals surface area contributed by atoms with Crippen molar-refractivity contribution in [2.75, 3.05) is 23.8 Å². The third-order valence-electron chi connectivity index (χ3n) is 14.8. The van der Waals surface area contributed by atoms with Gasteiger partial charge >= 0.3 is 18.2 Å². The number of aliphatic hydroxyl groups excluding tert-OH is 2. The number of anilines is 2. The van der Waals surface area contributed by atoms with E-state index in [1.165, 1.54) is 0 Å². The second kappa shape index (κ2) is 25.6. The number of carboxylic acid groups (broad SMARTS) is 1. The maximum absolute atomic E-state index is 12.9. The van der Waals surface area contributed by atoms with E-state index in [0.29, 0.717) is 29.2 Å². The molecule has 0 radical (unpaired) electrons. The minimum atomic E-state index is -5.08. The third kappa shape index (κ3) is 14.7. The minimum Gasteiger partial charge on any atom is -0.475 e. The summed E-state index contributed by atoms with van der Waals surface area (Å²) < 4.78 is 36.9. The molecule has 0 spiro atoms. The van der Waals surface area contributed by atoms with Gasteiger partial charge in [0.2, 0.25) is 11.8 Å². The number of nitrogens with two attached hydrogens (primary N) is 1. The number of carboxylic acids is 1. The Balaban J connectivity index is 0.000000199. The van der Waals surface area contributed by atoms with E-state index in [0.717, 1.165) is 112 Å². The van der Waals surface area contributed by atoms with Crippen LogP contribution in [-0.2, 0) is 19.1 Å². The molecule has 0 saturated heterocycles. The molecule has 0 bridgehead atoms. The number of amides is 5. The van der Waals surface area contributed by atoms with E-state index in [4.69, 9.17) is 45.4 Å². The Morgan fingerprint density at radius 2 is 1.11 bits per heavy atom. The predicted molar refractivity (Wildman–Crippen MR) is 305 cm³/mol. The van der Waals surface area contributed by atoms with E-state index < -0.39 is 48.4 Å². The number of fused-ring (bicyclic) bond motifs is 4. The van der Waals surface area contributed by atoms with Crippen LogP contribution in [0.5, 0.6) is 0 Å². The molecule has 2 aliphatic heterocycles. The summed E-state index contributed by atoms with van der Waals surface area (Å²) in [5.74, 6) is -2.33. The van der Waals surface area contributed by atoms with Crippen LogP contribution in [0.15, 0.2) is 48.5 Å². The molecule has 14 N–H and O–H groups in total. The number of aromatic amines is 2. The Kier molecular flexibility index (Phi) is 18.8. The SMILES string of the molecule is Cc1nc2cccc(-c3cc4c([nH]3)[C@@H](C)NC4=O)c2nc1N[C@H]1CCC[C@@H](NC(=O)[C@@H](CO)NC(=O)OC(C)(C)C)C1.Cc1nc2cccc(-c3cc4c([nH]3)[C@@H](C)NC4=O)c2nc1N[C@H]1CCC[C@@H](NC(=O)[C@H](N)CO)C1.O=C(O)C(F)(F)F. The van der Waals surface area contributed by atoms with Gasteiger partial charge in [-0.2, -0.15) is 13.2 Å². The number of carbonyl (C=O) groups is 6. The molecule has 6 heterocycles. The molecule has 450 valence electrons. The number of aliphatic carboxylic acids is 1. The standard InChI is InChI=1S/C30H39N7O5.C25H31N7O3.C2HF3O2/c1-15-24-20(27(39)32-15)13-22(35-24)19-10-7-11-21-25(19)37-26(16(2)31-21)33-17-8-6-9-18(12-17)34-28(40)23(14-38)36-29(41)42-30(3,4)5;1-12-21-17(24(34)28-12)10-20(31-21)16-7-4-8-19-22(16)32-23(13(2)27-19)29-14-5-3-6-15(9-14)30-25(35)18(26)11-33;3-2(4,5)1(6)7/h7,10-11,13,15,17-18,23,35,38H,6,8-9,12,14H2,1-5H3,(H,32,39)(H,33,37)(H,34,40)(H,36,41);4,7-8,10,12,14-15,18,31,33H,3,5-6,9,11,26H2,1-2H3,(H,28,34)(H,29,32)(H,30,35);(H,6,7)/t15-,17+,18-,23-;12-,14+,15-,18-;/m11./s1. The number of aliphatic hydroxyl groups is 2. The molecule has 24 nitrogen and oxygen atoms in total. The Labute approximate surface area is 480 Å². The Hall–Kier alpha value is -8.43. The number of halogens is 3. The van der Waals surface area contributed by atoms with Crippen molar-refractivity contribution >= 4 is 69.4 Å². The molecule has 4 aromatic heterocycles. The zero-order chi connectivity index (χ0) is 60.9. The summed E-state index contributed by atoms with van der Waals surface area (Å²) in [4.78, 5) is 96.9. The summed E-state index contributed by atoms with van der Waals surface area (Å²) in [5, 5.41) is 47.2. The van der Waals surface area contributed by atoms with Crippen molar-refractivity contribution in [1.82, 2.24) is 56.5 Å². The lowest BCUT2D eigenvalue weighted by atomic mass is 9.90. The Morgan fingerprint density at radius 3 is 1.50 bits per heavy atom. The van der Waals surface area contributed by atoms with Crippen molar-refractivity contribution in [1.29, 1.82) is 0 Å². The number of rotatable bonds is 13. The second-order valence-corrected chi connectivity index (χ2v) is 22.5. The number of hydrogen-bond acceptors (Lipinski definition) is 16. The Bertz CT molecular complexity index is 3450. The maximum atomic E-state index is 12.9. The van der Waals surface area contributed by atoms with Crippen molar-refractivity contribution in [2.24, 2.45) is 5.73 Å². The van der Waals surface area contributed by atoms with Gasteiger partial charge in [0.25, 0.3) is 11.8 Å². The number of hydrogen-bond donors (Lipinski definition) is 13. The zero-order valence-corrected chi connectivity index (χ0v) is 47.5. The molecule has 4 aliphatic rings. The Morgan fingerprint density at radius 1 is 0.679 bits per heavy atom. The van der Waals surface area contributed by atoms with Gasteiger partial charge < -0.3 is 73.0 Å². The second-order valence-electron chi connectivity index (χ2n) is 22.5. The van der Waals surface area contributed by atoms with Crippen molar-refractivity contribution < 1.29 is 62.0 Å². The fourth-order valence-corrected chi connectivity index (χ4v) is 10.6. The van der Waals surface area contributed by atoms with E-state index in [1.807, 2.05) is 76.2 Å². The molecular formula is C57H71F3N14O10. The smallest absolute Gasteiger partial charge is 0.475 e. The number of aromatic nitrogens is 6. The molecule has 84 heavy (non-hydrogen) atoms. The monoisotopic (exact) mass is 1170 g/mol. The lowest BCUT2D eigenvalue weighted by molar-refractivity contribution is -0.192. The summed E-state index contributed by atoms with van der Waals surface area (Å²) in [7, 11) is 0. The molecule has 2 fully saturated rings. The topological polar surface area (TPSA) is 366 Å². The van der Waals surface area contributed by atoms with Crippen LogP contribution >= 0.6 is 0 Å². The lowest BCUT2D eigenvalue weighted by Crippen LogP contribution is -2.53. The maximum Gasteiger partial charge on any atom is 0.490 e. The fourth-order valence-electron chi connectivity index (χ4n) is 10.6. The van der Waals surface area contributed by atoms with Gasteiger partial charge in [-0.3, -0.25) is 19.2 Å². The summed E-state index contributed by atoms with van der Waals surface area (Å²) in [5.41, 5.74) is 16.0. The molecule has 2 aromatic carbocycles. The number of nitrogens with one attached hydrogen (secondary N) is 9. The molecular weight excluding hydrogens is 1100 g/mol. The van der Waals surface area contributed by atoms with Crippen LogP contribution in [0, 0.1) is 13.8 Å². The van der Waals surface area contributed by atoms with Crippen LogP contribution in [-0.4, -0.2) is 142 Å². The first-order valence-corrected chi connectivity index (χ1v) is 27.7. The quantitative estimate of drug-likeness (QED) is 0.0631. The van der Waals surface area contributed by atoms with Gasteiger partial charge in [0.05, 0.1) is 70.2 Å². The van der Waals surface area contributed by atoms with Crippen molar-refractivity contribution in [3.8, 4) is 22.5 Å². The minimum absolute atomic E-state index is 0.00919. The number of para-hydroxylation sites is 2. The van der Waals surface area contributed by atoms with E-state index in [-0.39, 0.29) is 60.6 Å². The first-order chi connectivity index (χ1) is 39.7. The van der Waals surface area contributed by atoms with E-state index >= 15 is 0 Å². The fraction of sp³-hybridized carbons (Fsp3) is 0.474. The van der Waals surface area contributed by atoms with Crippen LogP contribution in [0.2, 0.25) is 0 Å². The molecule has 0 unspecified atom stereocenters. The van der Waals surface area contributed by atoms with Gasteiger partial charge in [-0.25, -0.2) is 29.5 Å². The van der Waals surface area contributed by atoms with Crippen LogP contribution < -0.4 is 43.0 Å². The van der Waals surface area contributed by atoms with E-state index in [9.17, 15) is 42.3 Å². The summed E-state index contributed by atoms with van der Waals surface area (Å²) in [6, 6.07) is 13.3. The summed E-state index contributed by atoms with van der Waals surface area (Å²) >= 11 is 0. The number of alkyl carbamates (subject to hydrolysis) is 1. The van der Waals surface area contributed by atoms with Gasteiger partial charge in [-0.15, -0.1) is 0 Å². The average molecular weight is 1170 g/mol. The molecule has 2 aliphatic carbocycles. The van der Waals surface area contributed by atoms with Gasteiger partial charge in [-0.05, 0) is 124 Å². The molecule has 10 rings (SSSR count). The van der Waals surface area contributed by atoms with Gasteiger partial charge in [0.1, 0.15) is 40.4 Å². The number of alkyl halides is 3. The van der Waals surface area contributed by atoms with E-state index in [1.54, 1.807) is 20.8 Å². The highest BCUT2D eigenvalue weighted by Gasteiger charge is 2.38. The predicted octanol–water partition coefficient (Wildman–Crippen LogP) is 5.99. The molecule has 6 aromatic rings. The summed E-state index contributed by atoms with van der Waals surface area (Å²) in [6.45, 7) is 12.0. The van der Waals surface area contributed by atoms with Gasteiger partial charge in [0.15, 0.2) is 0 Å². The molecule has 5 amide bonds. The van der Waals surface area contributed by atoms with Crippen molar-refractivity contribution in [3.05, 3.63) is 82.4 Å². The molecule has 2 saturated carbocycles. The number of H-pyrrole nitrogens is 2. The highest BCUT2D eigenvalue weighted by atomic mass is 19.4. The van der Waals surface area contributed by atoms with Gasteiger partial charge in [-0.1, -0.05) is 24.3 Å². The van der Waals surface area contributed by atoms with E-state index in [2.05, 4.69) is 47.2 Å². The number of carbonyl (C=O) groups excluding carboxylic acids is 5. The number of ether oxygens (including phenoxy) is 1. The first kappa shape index (κ1) is 61.6. The number of benzene rings is 2. The first-order valence-electron chi connectivity index (χ1n) is 27.7. The average Bonchev–Trinajstić information content (AvgIpc) is 2.24. The van der Waals surface area contributed by atoms with Crippen molar-refractivity contribution in [3.63, 3.8) is 0 Å². The number of aryl methyl sites for hydroxylation is 2.